The molecule has 0 unspecified atom stereocenters. The number of pyridine rings is 1. The highest BCUT2D eigenvalue weighted by atomic mass is 19.1. The number of aromatic nitrogens is 3. The van der Waals surface area contributed by atoms with Gasteiger partial charge in [-0.3, -0.25) is 14.9 Å². The summed E-state index contributed by atoms with van der Waals surface area (Å²) in [7, 11) is 0. The van der Waals surface area contributed by atoms with Crippen LogP contribution in [0.1, 0.15) is 66.2 Å². The van der Waals surface area contributed by atoms with Crippen LogP contribution in [0.25, 0.3) is 11.1 Å². The number of amides is 1. The van der Waals surface area contributed by atoms with Crippen LogP contribution in [0.4, 0.5) is 4.39 Å². The van der Waals surface area contributed by atoms with Crippen molar-refractivity contribution in [2.75, 3.05) is 6.54 Å². The summed E-state index contributed by atoms with van der Waals surface area (Å²) in [6, 6.07) is 12.2. The van der Waals surface area contributed by atoms with Gasteiger partial charge in [-0.2, -0.15) is 5.10 Å². The zero-order valence-corrected chi connectivity index (χ0v) is 16.9. The molecule has 150 valence electrons. The Morgan fingerprint density at radius 3 is 2.62 bits per heavy atom. The normalized spacial score (nSPS) is 16.6. The van der Waals surface area contributed by atoms with E-state index in [1.165, 1.54) is 12.1 Å². The number of benzene rings is 1. The molecule has 0 aliphatic carbocycles. The largest absolute Gasteiger partial charge is 0.329 e. The molecular formula is C23H25FN4O. The number of aromatic amines is 1. The molecule has 2 aromatic heterocycles. The Labute approximate surface area is 170 Å². The zero-order valence-electron chi connectivity index (χ0n) is 16.9. The molecule has 1 amide bonds. The van der Waals surface area contributed by atoms with E-state index in [2.05, 4.69) is 24.0 Å². The van der Waals surface area contributed by atoms with Crippen LogP contribution < -0.4 is 0 Å². The van der Waals surface area contributed by atoms with Crippen molar-refractivity contribution in [3.8, 4) is 11.1 Å². The predicted molar refractivity (Wildman–Crippen MR) is 110 cm³/mol. The Morgan fingerprint density at radius 2 is 1.93 bits per heavy atom. The Balaban J connectivity index is 1.64. The van der Waals surface area contributed by atoms with E-state index < -0.39 is 0 Å². The van der Waals surface area contributed by atoms with E-state index in [4.69, 9.17) is 4.98 Å². The summed E-state index contributed by atoms with van der Waals surface area (Å²) in [6.45, 7) is 6.76. The fourth-order valence-electron chi connectivity index (χ4n) is 3.88. The minimum atomic E-state index is -0.257. The van der Waals surface area contributed by atoms with Gasteiger partial charge in [0.25, 0.3) is 5.91 Å². The maximum Gasteiger partial charge on any atom is 0.274 e. The van der Waals surface area contributed by atoms with Crippen LogP contribution in [0.15, 0.2) is 42.5 Å². The van der Waals surface area contributed by atoms with E-state index in [1.807, 2.05) is 30.0 Å². The topological polar surface area (TPSA) is 61.9 Å². The van der Waals surface area contributed by atoms with Gasteiger partial charge in [-0.25, -0.2) is 4.39 Å². The fourth-order valence-corrected chi connectivity index (χ4v) is 3.88. The molecule has 1 N–H and O–H groups in total. The summed E-state index contributed by atoms with van der Waals surface area (Å²) in [5.41, 5.74) is 5.07. The van der Waals surface area contributed by atoms with E-state index in [1.54, 1.807) is 12.1 Å². The van der Waals surface area contributed by atoms with Crippen molar-refractivity contribution in [1.29, 1.82) is 0 Å². The summed E-state index contributed by atoms with van der Waals surface area (Å²) >= 11 is 0. The van der Waals surface area contributed by atoms with Gasteiger partial charge in [0, 0.05) is 17.9 Å². The van der Waals surface area contributed by atoms with E-state index in [9.17, 15) is 9.18 Å². The van der Waals surface area contributed by atoms with E-state index >= 15 is 0 Å². The first-order valence-electron chi connectivity index (χ1n) is 10.0. The summed E-state index contributed by atoms with van der Waals surface area (Å²) in [5, 5.41) is 7.19. The second-order valence-corrected chi connectivity index (χ2v) is 7.95. The molecule has 5 nitrogen and oxygen atoms in total. The van der Waals surface area contributed by atoms with Gasteiger partial charge in [0.05, 0.1) is 11.7 Å². The highest BCUT2D eigenvalue weighted by Gasteiger charge is 2.33. The van der Waals surface area contributed by atoms with Crippen LogP contribution in [0, 0.1) is 12.7 Å². The number of hydrogen-bond donors (Lipinski definition) is 1. The van der Waals surface area contributed by atoms with Crippen molar-refractivity contribution in [1.82, 2.24) is 20.1 Å². The number of nitrogens with zero attached hydrogens (tertiary/aromatic N) is 3. The average Bonchev–Trinajstić information content (AvgIpc) is 3.37. The first-order chi connectivity index (χ1) is 13.9. The SMILES string of the molecule is Cc1cc(-c2ccc(F)cc2)cc([C@@H]2CCCN2C(=O)c2cc(C(C)C)[nH]n2)n1. The lowest BCUT2D eigenvalue weighted by atomic mass is 10.0. The minimum absolute atomic E-state index is 0.0673. The van der Waals surface area contributed by atoms with Gasteiger partial charge in [0.2, 0.25) is 0 Å². The van der Waals surface area contributed by atoms with Gasteiger partial charge in [-0.1, -0.05) is 26.0 Å². The monoisotopic (exact) mass is 392 g/mol. The molecule has 0 radical (unpaired) electrons. The third-order valence-corrected chi connectivity index (χ3v) is 5.44. The highest BCUT2D eigenvalue weighted by molar-refractivity contribution is 5.93. The lowest BCUT2D eigenvalue weighted by Gasteiger charge is -2.24. The maximum absolute atomic E-state index is 13.3. The average molecular weight is 392 g/mol. The van der Waals surface area contributed by atoms with Gasteiger partial charge >= 0.3 is 0 Å². The number of carbonyl (C=O) groups excluding carboxylic acids is 1. The molecule has 0 spiro atoms. The van der Waals surface area contributed by atoms with Crippen molar-refractivity contribution in [3.05, 3.63) is 71.1 Å². The van der Waals surface area contributed by atoms with E-state index in [-0.39, 0.29) is 23.7 Å². The maximum atomic E-state index is 13.3. The Morgan fingerprint density at radius 1 is 1.17 bits per heavy atom. The fraction of sp³-hybridized carbons (Fsp3) is 0.348. The molecule has 1 aliphatic heterocycles. The first kappa shape index (κ1) is 19.3. The van der Waals surface area contributed by atoms with Crippen molar-refractivity contribution >= 4 is 5.91 Å². The van der Waals surface area contributed by atoms with Gasteiger partial charge in [-0.15, -0.1) is 0 Å². The molecule has 1 saturated heterocycles. The van der Waals surface area contributed by atoms with Crippen LogP contribution in [0.2, 0.25) is 0 Å². The Kier molecular flexibility index (Phi) is 5.18. The van der Waals surface area contributed by atoms with Crippen LogP contribution in [0.3, 0.4) is 0 Å². The van der Waals surface area contributed by atoms with Crippen LogP contribution in [0.5, 0.6) is 0 Å². The summed E-state index contributed by atoms with van der Waals surface area (Å²) in [4.78, 5) is 19.7. The number of halogens is 1. The predicted octanol–water partition coefficient (Wildman–Crippen LogP) is 5.02. The zero-order chi connectivity index (χ0) is 20.5. The quantitative estimate of drug-likeness (QED) is 0.678. The Bertz CT molecular complexity index is 1030. The number of H-pyrrole nitrogens is 1. The first-order valence-corrected chi connectivity index (χ1v) is 10.0. The molecule has 3 heterocycles. The summed E-state index contributed by atoms with van der Waals surface area (Å²) in [5.74, 6) is -0.0375. The Hall–Kier alpha value is -3.02. The second kappa shape index (κ2) is 7.78. The minimum Gasteiger partial charge on any atom is -0.329 e. The number of likely N-dealkylation sites (tertiary alicyclic amines) is 1. The molecule has 0 bridgehead atoms. The number of nitrogens with one attached hydrogen (secondary N) is 1. The van der Waals surface area contributed by atoms with E-state index in [0.717, 1.165) is 41.1 Å². The van der Waals surface area contributed by atoms with Gasteiger partial charge in [-0.05, 0) is 67.1 Å². The summed E-state index contributed by atoms with van der Waals surface area (Å²) in [6.07, 6.45) is 1.80. The number of rotatable bonds is 4. The van der Waals surface area contributed by atoms with Gasteiger partial charge in [0.15, 0.2) is 0 Å². The summed E-state index contributed by atoms with van der Waals surface area (Å²) < 4.78 is 13.3. The lowest BCUT2D eigenvalue weighted by Crippen LogP contribution is -2.31. The number of carbonyl (C=O) groups is 1. The number of hydrogen-bond acceptors (Lipinski definition) is 3. The van der Waals surface area contributed by atoms with Gasteiger partial charge < -0.3 is 4.90 Å². The van der Waals surface area contributed by atoms with Crippen molar-refractivity contribution in [2.24, 2.45) is 0 Å². The van der Waals surface area contributed by atoms with Gasteiger partial charge in [0.1, 0.15) is 11.5 Å². The molecule has 1 atom stereocenters. The molecule has 1 fully saturated rings. The van der Waals surface area contributed by atoms with Crippen LogP contribution in [-0.2, 0) is 0 Å². The molecule has 6 heteroatoms. The van der Waals surface area contributed by atoms with Crippen LogP contribution >= 0.6 is 0 Å². The van der Waals surface area contributed by atoms with E-state index in [0.29, 0.717) is 12.2 Å². The lowest BCUT2D eigenvalue weighted by molar-refractivity contribution is 0.0727. The van der Waals surface area contributed by atoms with Crippen molar-refractivity contribution in [2.45, 2.75) is 45.6 Å². The highest BCUT2D eigenvalue weighted by Crippen LogP contribution is 2.34. The van der Waals surface area contributed by atoms with Crippen molar-refractivity contribution in [3.63, 3.8) is 0 Å². The molecule has 29 heavy (non-hydrogen) atoms. The molecule has 0 saturated carbocycles. The molecule has 4 rings (SSSR count). The molecular weight excluding hydrogens is 367 g/mol. The number of aryl methyl sites for hydroxylation is 1. The van der Waals surface area contributed by atoms with Crippen molar-refractivity contribution < 1.29 is 9.18 Å². The molecule has 1 aromatic carbocycles. The third-order valence-electron chi connectivity index (χ3n) is 5.44. The third kappa shape index (κ3) is 3.92. The van der Waals surface area contributed by atoms with Crippen LogP contribution in [-0.4, -0.2) is 32.5 Å². The second-order valence-electron chi connectivity index (χ2n) is 7.95. The molecule has 1 aliphatic rings. The molecule has 3 aromatic rings. The smallest absolute Gasteiger partial charge is 0.274 e. The standard InChI is InChI=1S/C23H25FN4O/c1-14(2)19-13-21(27-26-19)23(29)28-10-4-5-22(28)20-12-17(11-15(3)25-20)16-6-8-18(24)9-7-16/h6-9,11-14,22H,4-5,10H2,1-3H3,(H,26,27)/t22-/m0/s1.